The number of nitriles is 1. The number of amides is 1. The van der Waals surface area contributed by atoms with Gasteiger partial charge in [0.25, 0.3) is 0 Å². The van der Waals surface area contributed by atoms with Crippen LogP contribution in [0, 0.1) is 11.3 Å². The van der Waals surface area contributed by atoms with Crippen molar-refractivity contribution in [2.45, 2.75) is 44.7 Å². The van der Waals surface area contributed by atoms with Crippen molar-refractivity contribution in [3.8, 4) is 6.07 Å². The maximum Gasteiger partial charge on any atom is 0.241 e. The number of nitrogens with zero attached hydrogens (tertiary/aromatic N) is 2. The smallest absolute Gasteiger partial charge is 0.241 e. The number of benzene rings is 1. The molecule has 1 aliphatic rings. The topological polar surface area (TPSA) is 82.2 Å². The first-order valence-corrected chi connectivity index (χ1v) is 7.36. The fourth-order valence-electron chi connectivity index (χ4n) is 2.45. The van der Waals surface area contributed by atoms with E-state index < -0.39 is 0 Å². The third kappa shape index (κ3) is 4.28. The molecule has 1 unspecified atom stereocenters. The molecule has 3 N–H and O–H groups in total. The number of rotatable bonds is 7. The van der Waals surface area contributed by atoms with Gasteiger partial charge in [-0.3, -0.25) is 15.1 Å². The first-order valence-electron chi connectivity index (χ1n) is 7.36. The zero-order valence-electron chi connectivity index (χ0n) is 12.4. The van der Waals surface area contributed by atoms with Crippen molar-refractivity contribution >= 4 is 5.91 Å². The van der Waals surface area contributed by atoms with Gasteiger partial charge in [-0.05, 0) is 30.9 Å². The summed E-state index contributed by atoms with van der Waals surface area (Å²) in [5, 5.41) is 8.73. The molecule has 112 valence electrons. The van der Waals surface area contributed by atoms with E-state index in [2.05, 4.69) is 28.5 Å². The second-order valence-electron chi connectivity index (χ2n) is 5.58. The molecule has 0 aliphatic heterocycles. The second-order valence-corrected chi connectivity index (χ2v) is 5.58. The molecule has 0 bridgehead atoms. The van der Waals surface area contributed by atoms with Gasteiger partial charge in [0.1, 0.15) is 0 Å². The Balaban J connectivity index is 1.98. The van der Waals surface area contributed by atoms with Crippen molar-refractivity contribution in [1.29, 1.82) is 5.26 Å². The number of carbonyl (C=O) groups is 1. The zero-order chi connectivity index (χ0) is 15.2. The van der Waals surface area contributed by atoms with Crippen molar-refractivity contribution in [3.05, 3.63) is 35.4 Å². The van der Waals surface area contributed by atoms with Crippen molar-refractivity contribution in [2.24, 2.45) is 5.84 Å². The zero-order valence-corrected chi connectivity index (χ0v) is 12.4. The maximum absolute atomic E-state index is 11.5. The van der Waals surface area contributed by atoms with Crippen LogP contribution in [0.1, 0.15) is 43.2 Å². The van der Waals surface area contributed by atoms with Crippen LogP contribution in [0.25, 0.3) is 0 Å². The van der Waals surface area contributed by atoms with Crippen LogP contribution in [0.5, 0.6) is 0 Å². The first-order chi connectivity index (χ1) is 10.2. The second kappa shape index (κ2) is 7.21. The van der Waals surface area contributed by atoms with Crippen LogP contribution in [0.4, 0.5) is 0 Å². The standard InChI is InChI=1S/C16H22N4O/c1-12(16(21)19-18)14-5-3-13(4-6-14)11-20(10-2-9-17)15-7-8-15/h3-6,12,15H,2,7-8,10-11,18H2,1H3,(H,19,21). The van der Waals surface area contributed by atoms with Gasteiger partial charge >= 0.3 is 0 Å². The summed E-state index contributed by atoms with van der Waals surface area (Å²) in [4.78, 5) is 13.9. The molecule has 0 aromatic heterocycles. The highest BCUT2D eigenvalue weighted by Crippen LogP contribution is 2.28. The molecule has 1 saturated carbocycles. The Morgan fingerprint density at radius 3 is 2.67 bits per heavy atom. The predicted molar refractivity (Wildman–Crippen MR) is 80.8 cm³/mol. The van der Waals surface area contributed by atoms with E-state index in [0.717, 1.165) is 18.7 Å². The van der Waals surface area contributed by atoms with E-state index in [1.165, 1.54) is 18.4 Å². The Morgan fingerprint density at radius 1 is 1.48 bits per heavy atom. The van der Waals surface area contributed by atoms with Gasteiger partial charge in [0.05, 0.1) is 12.0 Å². The van der Waals surface area contributed by atoms with E-state index in [1.807, 2.05) is 19.1 Å². The lowest BCUT2D eigenvalue weighted by Gasteiger charge is -2.21. The Bertz CT molecular complexity index is 516. The summed E-state index contributed by atoms with van der Waals surface area (Å²) in [5.74, 6) is 4.73. The van der Waals surface area contributed by atoms with Gasteiger partial charge in [0.15, 0.2) is 0 Å². The first kappa shape index (κ1) is 15.5. The van der Waals surface area contributed by atoms with Crippen LogP contribution in [0.3, 0.4) is 0 Å². The SMILES string of the molecule is CC(C(=O)NN)c1ccc(CN(CCC#N)C2CC2)cc1. The van der Waals surface area contributed by atoms with Gasteiger partial charge in [-0.2, -0.15) is 5.26 Å². The normalized spacial score (nSPS) is 15.5. The molecular weight excluding hydrogens is 264 g/mol. The number of hydrogen-bond acceptors (Lipinski definition) is 4. The highest BCUT2D eigenvalue weighted by molar-refractivity contribution is 5.82. The molecule has 0 heterocycles. The lowest BCUT2D eigenvalue weighted by Crippen LogP contribution is -2.33. The van der Waals surface area contributed by atoms with Crippen molar-refractivity contribution in [1.82, 2.24) is 10.3 Å². The maximum atomic E-state index is 11.5. The van der Waals surface area contributed by atoms with E-state index in [4.69, 9.17) is 11.1 Å². The average Bonchev–Trinajstić information content (AvgIpc) is 3.35. The van der Waals surface area contributed by atoms with Crippen LogP contribution in [-0.2, 0) is 11.3 Å². The third-order valence-electron chi connectivity index (χ3n) is 3.98. The molecule has 1 fully saturated rings. The van der Waals surface area contributed by atoms with Gasteiger partial charge in [-0.25, -0.2) is 5.84 Å². The highest BCUT2D eigenvalue weighted by atomic mass is 16.2. The fourth-order valence-corrected chi connectivity index (χ4v) is 2.45. The van der Waals surface area contributed by atoms with Crippen molar-refractivity contribution in [2.75, 3.05) is 6.54 Å². The van der Waals surface area contributed by atoms with E-state index in [-0.39, 0.29) is 11.8 Å². The average molecular weight is 286 g/mol. The van der Waals surface area contributed by atoms with E-state index in [1.54, 1.807) is 0 Å². The number of hydrazine groups is 1. The Morgan fingerprint density at radius 2 is 2.14 bits per heavy atom. The van der Waals surface area contributed by atoms with Crippen molar-refractivity contribution < 1.29 is 4.79 Å². The molecule has 0 radical (unpaired) electrons. The van der Waals surface area contributed by atoms with Crippen LogP contribution in [0.15, 0.2) is 24.3 Å². The largest absolute Gasteiger partial charge is 0.295 e. The summed E-state index contributed by atoms with van der Waals surface area (Å²) in [6, 6.07) is 10.9. The van der Waals surface area contributed by atoms with Crippen molar-refractivity contribution in [3.63, 3.8) is 0 Å². The van der Waals surface area contributed by atoms with E-state index >= 15 is 0 Å². The Kier molecular flexibility index (Phi) is 5.32. The fraction of sp³-hybridized carbons (Fsp3) is 0.500. The van der Waals surface area contributed by atoms with E-state index in [0.29, 0.717) is 12.5 Å². The number of hydrogen-bond donors (Lipinski definition) is 2. The van der Waals surface area contributed by atoms with Gasteiger partial charge in [0, 0.05) is 25.6 Å². The molecule has 1 aliphatic carbocycles. The Hall–Kier alpha value is -1.90. The monoisotopic (exact) mass is 286 g/mol. The summed E-state index contributed by atoms with van der Waals surface area (Å²) in [7, 11) is 0. The molecule has 21 heavy (non-hydrogen) atoms. The van der Waals surface area contributed by atoms with Crippen LogP contribution >= 0.6 is 0 Å². The quantitative estimate of drug-likeness (QED) is 0.454. The Labute approximate surface area is 125 Å². The lowest BCUT2D eigenvalue weighted by atomic mass is 9.99. The summed E-state index contributed by atoms with van der Waals surface area (Å²) in [6.45, 7) is 3.53. The minimum atomic E-state index is -0.248. The molecule has 5 nitrogen and oxygen atoms in total. The molecule has 5 heteroatoms. The van der Waals surface area contributed by atoms with Gasteiger partial charge in [0.2, 0.25) is 5.91 Å². The predicted octanol–water partition coefficient (Wildman–Crippen LogP) is 1.66. The molecule has 1 amide bonds. The summed E-state index contributed by atoms with van der Waals surface area (Å²) < 4.78 is 0. The van der Waals surface area contributed by atoms with Crippen LogP contribution < -0.4 is 11.3 Å². The number of nitrogens with two attached hydrogens (primary N) is 1. The summed E-state index contributed by atoms with van der Waals surface area (Å²) in [5.41, 5.74) is 4.35. The van der Waals surface area contributed by atoms with Gasteiger partial charge in [-0.1, -0.05) is 24.3 Å². The molecule has 2 rings (SSSR count). The third-order valence-corrected chi connectivity index (χ3v) is 3.98. The van der Waals surface area contributed by atoms with Gasteiger partial charge < -0.3 is 0 Å². The molecule has 1 aromatic rings. The number of carbonyl (C=O) groups excluding carboxylic acids is 1. The summed E-state index contributed by atoms with van der Waals surface area (Å²) in [6.07, 6.45) is 3.04. The molecule has 1 atom stereocenters. The lowest BCUT2D eigenvalue weighted by molar-refractivity contribution is -0.122. The number of nitrogens with one attached hydrogen (secondary N) is 1. The highest BCUT2D eigenvalue weighted by Gasteiger charge is 2.28. The molecular formula is C16H22N4O. The molecule has 1 aromatic carbocycles. The van der Waals surface area contributed by atoms with E-state index in [9.17, 15) is 4.79 Å². The minimum absolute atomic E-state index is 0.184. The minimum Gasteiger partial charge on any atom is -0.295 e. The van der Waals surface area contributed by atoms with Crippen LogP contribution in [-0.4, -0.2) is 23.4 Å². The molecule has 0 saturated heterocycles. The summed E-state index contributed by atoms with van der Waals surface area (Å²) >= 11 is 0. The molecule has 0 spiro atoms. The van der Waals surface area contributed by atoms with Crippen LogP contribution in [0.2, 0.25) is 0 Å². The van der Waals surface area contributed by atoms with Gasteiger partial charge in [-0.15, -0.1) is 0 Å².